The lowest BCUT2D eigenvalue weighted by molar-refractivity contribution is -0.120. The fourth-order valence-electron chi connectivity index (χ4n) is 4.67. The van der Waals surface area contributed by atoms with E-state index in [0.29, 0.717) is 11.6 Å². The third kappa shape index (κ3) is 4.00. The lowest BCUT2D eigenvalue weighted by atomic mass is 9.84. The molecule has 0 spiro atoms. The molecule has 2 aliphatic rings. The molecule has 1 aromatic carbocycles. The molecule has 0 saturated heterocycles. The van der Waals surface area contributed by atoms with Gasteiger partial charge in [0.2, 0.25) is 15.9 Å². The fraction of sp³-hybridized carbons (Fsp3) is 0.632. The molecule has 1 aromatic rings. The maximum atomic E-state index is 12.5. The number of nitrogens with one attached hydrogen (secondary N) is 1. The van der Waals surface area contributed by atoms with Gasteiger partial charge in [0.05, 0.1) is 11.9 Å². The molecule has 1 N–H and O–H groups in total. The van der Waals surface area contributed by atoms with Gasteiger partial charge in [-0.3, -0.25) is 9.10 Å². The van der Waals surface area contributed by atoms with Gasteiger partial charge in [0.15, 0.2) is 0 Å². The summed E-state index contributed by atoms with van der Waals surface area (Å²) in [5.41, 5.74) is 1.40. The molecule has 6 heteroatoms. The number of fused-ring (bicyclic) bond motifs is 2. The van der Waals surface area contributed by atoms with Crippen molar-refractivity contribution in [1.29, 1.82) is 0 Å². The van der Waals surface area contributed by atoms with Gasteiger partial charge >= 0.3 is 0 Å². The van der Waals surface area contributed by atoms with E-state index >= 15 is 0 Å². The van der Waals surface area contributed by atoms with Crippen LogP contribution in [0.25, 0.3) is 0 Å². The quantitative estimate of drug-likeness (QED) is 0.844. The first-order chi connectivity index (χ1) is 11.8. The minimum Gasteiger partial charge on any atom is -0.352 e. The fourth-order valence-corrected chi connectivity index (χ4v) is 5.58. The van der Waals surface area contributed by atoms with E-state index in [1.807, 2.05) is 19.1 Å². The van der Waals surface area contributed by atoms with Gasteiger partial charge in [-0.25, -0.2) is 8.42 Å². The molecule has 0 radical (unpaired) electrons. The zero-order chi connectivity index (χ0) is 18.2. The first kappa shape index (κ1) is 18.2. The van der Waals surface area contributed by atoms with Crippen molar-refractivity contribution in [3.63, 3.8) is 0 Å². The predicted octanol–water partition coefficient (Wildman–Crippen LogP) is 2.70. The summed E-state index contributed by atoms with van der Waals surface area (Å²) in [5, 5.41) is 3.05. The van der Waals surface area contributed by atoms with Crippen LogP contribution in [0, 0.1) is 24.7 Å². The maximum absolute atomic E-state index is 12.5. The number of hydrogen-bond acceptors (Lipinski definition) is 3. The van der Waals surface area contributed by atoms with E-state index in [1.165, 1.54) is 30.0 Å². The molecule has 0 unspecified atom stereocenters. The van der Waals surface area contributed by atoms with E-state index in [4.69, 9.17) is 0 Å². The van der Waals surface area contributed by atoms with Gasteiger partial charge in [-0.2, -0.15) is 0 Å². The van der Waals surface area contributed by atoms with E-state index in [-0.39, 0.29) is 18.5 Å². The second kappa shape index (κ2) is 6.98. The summed E-state index contributed by atoms with van der Waals surface area (Å²) in [6, 6.07) is 7.33. The average Bonchev–Trinajstić information content (AvgIpc) is 3.15. The third-order valence-corrected chi connectivity index (χ3v) is 7.02. The first-order valence-electron chi connectivity index (χ1n) is 9.08. The number of aryl methyl sites for hydroxylation is 1. The van der Waals surface area contributed by atoms with Crippen molar-refractivity contribution >= 4 is 21.6 Å². The van der Waals surface area contributed by atoms with Crippen LogP contribution in [-0.2, 0) is 14.8 Å². The molecule has 2 aliphatic carbocycles. The number of nitrogens with zero attached hydrogens (tertiary/aromatic N) is 1. The van der Waals surface area contributed by atoms with E-state index < -0.39 is 10.0 Å². The Balaban J connectivity index is 1.68. The first-order valence-corrected chi connectivity index (χ1v) is 10.9. The van der Waals surface area contributed by atoms with Crippen LogP contribution < -0.4 is 9.62 Å². The van der Waals surface area contributed by atoms with Gasteiger partial charge in [-0.05, 0) is 62.5 Å². The lowest BCUT2D eigenvalue weighted by Crippen LogP contribution is -2.46. The predicted molar refractivity (Wildman–Crippen MR) is 99.9 cm³/mol. The topological polar surface area (TPSA) is 66.5 Å². The van der Waals surface area contributed by atoms with Crippen LogP contribution in [0.1, 0.15) is 38.2 Å². The van der Waals surface area contributed by atoms with Crippen molar-refractivity contribution in [1.82, 2.24) is 5.32 Å². The largest absolute Gasteiger partial charge is 0.352 e. The average molecular weight is 365 g/mol. The van der Waals surface area contributed by atoms with E-state index in [0.717, 1.165) is 23.7 Å². The van der Waals surface area contributed by atoms with Crippen LogP contribution in [-0.4, -0.2) is 33.2 Å². The number of rotatable bonds is 6. The minimum atomic E-state index is -3.53. The number of anilines is 1. The Morgan fingerprint density at radius 3 is 2.56 bits per heavy atom. The van der Waals surface area contributed by atoms with Gasteiger partial charge in [-0.15, -0.1) is 0 Å². The maximum Gasteiger partial charge on any atom is 0.240 e. The molecule has 138 valence electrons. The van der Waals surface area contributed by atoms with Crippen LogP contribution in [0.2, 0.25) is 0 Å². The number of carbonyl (C=O) groups excluding carboxylic acids is 1. The number of sulfonamides is 1. The molecule has 5 nitrogen and oxygen atoms in total. The Kier molecular flexibility index (Phi) is 5.09. The molecule has 0 aromatic heterocycles. The van der Waals surface area contributed by atoms with Crippen molar-refractivity contribution in [3.05, 3.63) is 29.8 Å². The van der Waals surface area contributed by atoms with Gasteiger partial charge in [0.1, 0.15) is 6.54 Å². The molecule has 4 atom stereocenters. The number of carbonyl (C=O) groups is 1. The molecule has 3 rings (SSSR count). The van der Waals surface area contributed by atoms with Crippen LogP contribution in [0.3, 0.4) is 0 Å². The lowest BCUT2D eigenvalue weighted by Gasteiger charge is -2.30. The van der Waals surface area contributed by atoms with Gasteiger partial charge in [0, 0.05) is 6.04 Å². The summed E-state index contributed by atoms with van der Waals surface area (Å²) >= 11 is 0. The highest BCUT2D eigenvalue weighted by Gasteiger charge is 2.42. The van der Waals surface area contributed by atoms with Crippen molar-refractivity contribution < 1.29 is 13.2 Å². The molecule has 2 saturated carbocycles. The van der Waals surface area contributed by atoms with Crippen molar-refractivity contribution in [2.24, 2.45) is 17.8 Å². The SMILES string of the molecule is Cc1ccccc1N(CC(=O)N[C@@H](C)[C@H]1C[C@H]2CC[C@H]1C2)S(C)(=O)=O. The summed E-state index contributed by atoms with van der Waals surface area (Å²) in [5.74, 6) is 1.85. The molecular weight excluding hydrogens is 336 g/mol. The highest BCUT2D eigenvalue weighted by atomic mass is 32.2. The minimum absolute atomic E-state index is 0.0982. The zero-order valence-electron chi connectivity index (χ0n) is 15.2. The summed E-state index contributed by atoms with van der Waals surface area (Å²) < 4.78 is 25.6. The standard InChI is InChI=1S/C19H28N2O3S/c1-13-6-4-5-7-18(13)21(25(3,23)24)12-19(22)20-14(2)17-11-15-8-9-16(17)10-15/h4-7,14-17H,8-12H2,1-3H3,(H,20,22)/t14-,15-,16-,17+/m0/s1. The molecule has 2 bridgehead atoms. The Hall–Kier alpha value is -1.56. The Morgan fingerprint density at radius 2 is 2.00 bits per heavy atom. The molecule has 0 aliphatic heterocycles. The zero-order valence-corrected chi connectivity index (χ0v) is 16.1. The number of para-hydroxylation sites is 1. The molecular formula is C19H28N2O3S. The summed E-state index contributed by atoms with van der Waals surface area (Å²) in [6.07, 6.45) is 6.24. The summed E-state index contributed by atoms with van der Waals surface area (Å²) in [4.78, 5) is 12.5. The highest BCUT2D eigenvalue weighted by Crippen LogP contribution is 2.49. The summed E-state index contributed by atoms with van der Waals surface area (Å²) in [7, 11) is -3.53. The Morgan fingerprint density at radius 1 is 1.28 bits per heavy atom. The van der Waals surface area contributed by atoms with Crippen LogP contribution in [0.4, 0.5) is 5.69 Å². The third-order valence-electron chi connectivity index (χ3n) is 5.90. The van der Waals surface area contributed by atoms with E-state index in [9.17, 15) is 13.2 Å². The van der Waals surface area contributed by atoms with Crippen LogP contribution in [0.15, 0.2) is 24.3 Å². The molecule has 25 heavy (non-hydrogen) atoms. The number of amides is 1. The monoisotopic (exact) mass is 364 g/mol. The molecule has 1 amide bonds. The van der Waals surface area contributed by atoms with E-state index in [1.54, 1.807) is 12.1 Å². The van der Waals surface area contributed by atoms with Crippen molar-refractivity contribution in [3.8, 4) is 0 Å². The second-order valence-electron chi connectivity index (χ2n) is 7.75. The normalized spacial score (nSPS) is 26.4. The number of benzene rings is 1. The second-order valence-corrected chi connectivity index (χ2v) is 9.66. The highest BCUT2D eigenvalue weighted by molar-refractivity contribution is 7.92. The Bertz CT molecular complexity index is 747. The smallest absolute Gasteiger partial charge is 0.240 e. The van der Waals surface area contributed by atoms with Gasteiger partial charge in [-0.1, -0.05) is 24.6 Å². The van der Waals surface area contributed by atoms with Gasteiger partial charge in [0.25, 0.3) is 0 Å². The van der Waals surface area contributed by atoms with Gasteiger partial charge < -0.3 is 5.32 Å². The molecule has 2 fully saturated rings. The van der Waals surface area contributed by atoms with Crippen molar-refractivity contribution in [2.45, 2.75) is 45.6 Å². The molecule has 0 heterocycles. The van der Waals surface area contributed by atoms with E-state index in [2.05, 4.69) is 12.2 Å². The van der Waals surface area contributed by atoms with Crippen LogP contribution >= 0.6 is 0 Å². The number of hydrogen-bond donors (Lipinski definition) is 1. The van der Waals surface area contributed by atoms with Crippen molar-refractivity contribution in [2.75, 3.05) is 17.1 Å². The summed E-state index contributed by atoms with van der Waals surface area (Å²) in [6.45, 7) is 3.74. The Labute approximate surface area is 150 Å². The van der Waals surface area contributed by atoms with Crippen LogP contribution in [0.5, 0.6) is 0 Å².